The smallest absolute Gasteiger partial charge is 0.321 e. The second-order valence-corrected chi connectivity index (χ2v) is 5.81. The van der Waals surface area contributed by atoms with Crippen LogP contribution in [0.1, 0.15) is 12.8 Å². The first-order valence-electron chi connectivity index (χ1n) is 7.54. The molecule has 2 aliphatic rings. The normalized spacial score (nSPS) is 20.3. The summed E-state index contributed by atoms with van der Waals surface area (Å²) in [5.74, 6) is -1.36. The molecular formula is C15H18F2N4O2. The topological polar surface area (TPSA) is 73.5 Å². The quantitative estimate of drug-likeness (QED) is 0.723. The molecule has 124 valence electrons. The molecule has 3 N–H and O–H groups in total. The van der Waals surface area contributed by atoms with E-state index in [1.165, 1.54) is 4.90 Å². The van der Waals surface area contributed by atoms with E-state index in [1.54, 1.807) is 0 Å². The van der Waals surface area contributed by atoms with Crippen molar-refractivity contribution < 1.29 is 18.4 Å². The fourth-order valence-corrected chi connectivity index (χ4v) is 3.01. The van der Waals surface area contributed by atoms with Crippen LogP contribution in [0.4, 0.5) is 19.3 Å². The second kappa shape index (κ2) is 6.11. The number of nitrogens with one attached hydrogen (secondary N) is 3. The number of carbonyl (C=O) groups excluding carboxylic acids is 2. The highest BCUT2D eigenvalue weighted by atomic mass is 19.1. The Hall–Kier alpha value is -2.22. The van der Waals surface area contributed by atoms with E-state index in [1.807, 2.05) is 0 Å². The molecule has 6 nitrogen and oxygen atoms in total. The molecule has 2 heterocycles. The molecule has 0 radical (unpaired) electrons. The third-order valence-corrected chi connectivity index (χ3v) is 4.38. The van der Waals surface area contributed by atoms with Gasteiger partial charge in [-0.15, -0.1) is 0 Å². The Balaban J connectivity index is 1.62. The highest BCUT2D eigenvalue weighted by molar-refractivity contribution is 5.91. The fourth-order valence-electron chi connectivity index (χ4n) is 3.01. The summed E-state index contributed by atoms with van der Waals surface area (Å²) in [4.78, 5) is 25.7. The average Bonchev–Trinajstić information content (AvgIpc) is 2.54. The van der Waals surface area contributed by atoms with E-state index < -0.39 is 23.2 Å². The van der Waals surface area contributed by atoms with Crippen LogP contribution in [-0.2, 0) is 4.79 Å². The average molecular weight is 324 g/mol. The second-order valence-electron chi connectivity index (χ2n) is 5.81. The number of nitrogens with zero attached hydrogens (tertiary/aromatic N) is 1. The Morgan fingerprint density at radius 1 is 1.22 bits per heavy atom. The van der Waals surface area contributed by atoms with Crippen molar-refractivity contribution in [3.63, 3.8) is 0 Å². The minimum Gasteiger partial charge on any atom is -0.353 e. The lowest BCUT2D eigenvalue weighted by Gasteiger charge is -2.43. The highest BCUT2D eigenvalue weighted by Crippen LogP contribution is 2.25. The van der Waals surface area contributed by atoms with Gasteiger partial charge in [0.25, 0.3) is 0 Å². The number of rotatable bonds is 1. The number of hydrogen-bond acceptors (Lipinski definition) is 3. The molecule has 0 aromatic heterocycles. The summed E-state index contributed by atoms with van der Waals surface area (Å²) in [6.45, 7) is 2.03. The van der Waals surface area contributed by atoms with Gasteiger partial charge in [-0.05, 0) is 25.0 Å². The van der Waals surface area contributed by atoms with Gasteiger partial charge in [0.2, 0.25) is 5.91 Å². The first-order chi connectivity index (χ1) is 11.0. The summed E-state index contributed by atoms with van der Waals surface area (Å²) < 4.78 is 26.7. The van der Waals surface area contributed by atoms with E-state index >= 15 is 0 Å². The summed E-state index contributed by atoms with van der Waals surface area (Å²) in [5.41, 5.74) is -0.817. The maximum atomic E-state index is 13.6. The van der Waals surface area contributed by atoms with E-state index in [2.05, 4.69) is 16.0 Å². The molecule has 0 bridgehead atoms. The summed E-state index contributed by atoms with van der Waals surface area (Å²) in [5, 5.41) is 8.43. The van der Waals surface area contributed by atoms with E-state index in [4.69, 9.17) is 0 Å². The molecule has 8 heteroatoms. The predicted molar refractivity (Wildman–Crippen MR) is 79.9 cm³/mol. The van der Waals surface area contributed by atoms with E-state index in [0.717, 1.165) is 18.2 Å². The highest BCUT2D eigenvalue weighted by Gasteiger charge is 2.43. The van der Waals surface area contributed by atoms with Gasteiger partial charge in [-0.3, -0.25) is 4.79 Å². The first-order valence-corrected chi connectivity index (χ1v) is 7.54. The van der Waals surface area contributed by atoms with Crippen LogP contribution in [0, 0.1) is 11.6 Å². The van der Waals surface area contributed by atoms with Gasteiger partial charge in [-0.1, -0.05) is 0 Å². The molecule has 1 aromatic carbocycles. The molecule has 1 spiro atoms. The van der Waals surface area contributed by atoms with Gasteiger partial charge in [-0.25, -0.2) is 13.6 Å². The van der Waals surface area contributed by atoms with Gasteiger partial charge in [0, 0.05) is 32.2 Å². The van der Waals surface area contributed by atoms with Crippen LogP contribution >= 0.6 is 0 Å². The molecule has 0 atom stereocenters. The van der Waals surface area contributed by atoms with Crippen molar-refractivity contribution in [1.82, 2.24) is 15.5 Å². The zero-order valence-electron chi connectivity index (χ0n) is 12.5. The monoisotopic (exact) mass is 324 g/mol. The van der Waals surface area contributed by atoms with E-state index in [9.17, 15) is 18.4 Å². The molecule has 2 aliphatic heterocycles. The lowest BCUT2D eigenvalue weighted by atomic mass is 9.85. The largest absolute Gasteiger partial charge is 0.353 e. The number of halogens is 2. The molecule has 2 fully saturated rings. The number of carbonyl (C=O) groups is 2. The number of hydrogen-bond donors (Lipinski definition) is 3. The van der Waals surface area contributed by atoms with Gasteiger partial charge in [-0.2, -0.15) is 0 Å². The van der Waals surface area contributed by atoms with Crippen molar-refractivity contribution in [3.8, 4) is 0 Å². The maximum Gasteiger partial charge on any atom is 0.321 e. The van der Waals surface area contributed by atoms with E-state index in [0.29, 0.717) is 39.0 Å². The van der Waals surface area contributed by atoms with Crippen LogP contribution in [0.15, 0.2) is 18.2 Å². The zero-order chi connectivity index (χ0) is 16.4. The molecular weight excluding hydrogens is 306 g/mol. The van der Waals surface area contributed by atoms with Crippen molar-refractivity contribution in [2.45, 2.75) is 18.4 Å². The Bertz CT molecular complexity index is 630. The van der Waals surface area contributed by atoms with Crippen LogP contribution in [-0.4, -0.2) is 48.6 Å². The SMILES string of the molecule is O=C(Nc1cc(F)ccc1F)N1CCC2(CC1)NCCNC2=O. The number of benzene rings is 1. The fraction of sp³-hybridized carbons (Fsp3) is 0.467. The molecule has 3 amide bonds. The minimum atomic E-state index is -0.693. The van der Waals surface area contributed by atoms with Gasteiger partial charge < -0.3 is 20.9 Å². The summed E-state index contributed by atoms with van der Waals surface area (Å²) in [6.07, 6.45) is 0.968. The third-order valence-electron chi connectivity index (χ3n) is 4.38. The molecule has 3 rings (SSSR count). The summed E-state index contributed by atoms with van der Waals surface area (Å²) in [7, 11) is 0. The van der Waals surface area contributed by atoms with Crippen LogP contribution in [0.5, 0.6) is 0 Å². The third kappa shape index (κ3) is 3.12. The van der Waals surface area contributed by atoms with Gasteiger partial charge in [0.05, 0.1) is 5.69 Å². The van der Waals surface area contributed by atoms with Crippen LogP contribution in [0.2, 0.25) is 0 Å². The van der Waals surface area contributed by atoms with Crippen molar-refractivity contribution in [1.29, 1.82) is 0 Å². The van der Waals surface area contributed by atoms with Crippen LogP contribution in [0.25, 0.3) is 0 Å². The number of piperidine rings is 1. The minimum absolute atomic E-state index is 0.0417. The number of likely N-dealkylation sites (tertiary alicyclic amines) is 1. The molecule has 0 unspecified atom stereocenters. The lowest BCUT2D eigenvalue weighted by Crippen LogP contribution is -2.67. The molecule has 23 heavy (non-hydrogen) atoms. The Morgan fingerprint density at radius 2 is 1.96 bits per heavy atom. The molecule has 0 saturated carbocycles. The summed E-state index contributed by atoms with van der Waals surface area (Å²) >= 11 is 0. The number of piperazine rings is 1. The van der Waals surface area contributed by atoms with Crippen molar-refractivity contribution in [2.75, 3.05) is 31.5 Å². The lowest BCUT2D eigenvalue weighted by molar-refractivity contribution is -0.131. The van der Waals surface area contributed by atoms with Crippen LogP contribution < -0.4 is 16.0 Å². The summed E-state index contributed by atoms with van der Waals surface area (Å²) in [6, 6.07) is 2.39. The van der Waals surface area contributed by atoms with Crippen molar-refractivity contribution in [3.05, 3.63) is 29.8 Å². The first kappa shape index (κ1) is 15.7. The number of amides is 3. The molecule has 1 aromatic rings. The Kier molecular flexibility index (Phi) is 4.16. The van der Waals surface area contributed by atoms with Crippen molar-refractivity contribution in [2.24, 2.45) is 0 Å². The Labute approximate surface area is 132 Å². The number of urea groups is 1. The van der Waals surface area contributed by atoms with E-state index in [-0.39, 0.29) is 11.6 Å². The van der Waals surface area contributed by atoms with Gasteiger partial charge >= 0.3 is 6.03 Å². The standard InChI is InChI=1S/C15H18F2N4O2/c16-10-1-2-11(17)12(9-10)20-14(23)21-7-3-15(4-8-21)13(22)18-5-6-19-15/h1-2,9,19H,3-8H2,(H,18,22)(H,20,23). The Morgan fingerprint density at radius 3 is 2.65 bits per heavy atom. The zero-order valence-corrected chi connectivity index (χ0v) is 12.5. The molecule has 2 saturated heterocycles. The van der Waals surface area contributed by atoms with Crippen LogP contribution in [0.3, 0.4) is 0 Å². The van der Waals surface area contributed by atoms with Crippen molar-refractivity contribution >= 4 is 17.6 Å². The number of anilines is 1. The molecule has 0 aliphatic carbocycles. The van der Waals surface area contributed by atoms with Gasteiger partial charge in [0.15, 0.2) is 0 Å². The van der Waals surface area contributed by atoms with Gasteiger partial charge in [0.1, 0.15) is 17.2 Å². The maximum absolute atomic E-state index is 13.6. The predicted octanol–water partition coefficient (Wildman–Crippen LogP) is 1.05.